The minimum atomic E-state index is -4.65. The predicted molar refractivity (Wildman–Crippen MR) is 75.6 cm³/mol. The molecule has 21 heavy (non-hydrogen) atoms. The maximum atomic E-state index is 13.0. The lowest BCUT2D eigenvalue weighted by molar-refractivity contribution is -0.0583. The second-order valence-corrected chi connectivity index (χ2v) is 5.33. The summed E-state index contributed by atoms with van der Waals surface area (Å²) in [4.78, 5) is 12.6. The molecule has 0 saturated heterocycles. The maximum absolute atomic E-state index is 13.0. The van der Waals surface area contributed by atoms with Crippen molar-refractivity contribution in [2.24, 2.45) is 5.10 Å². The minimum absolute atomic E-state index is 0.105. The molecule has 1 N–H and O–H groups in total. The van der Waals surface area contributed by atoms with Crippen molar-refractivity contribution in [1.29, 1.82) is 0 Å². The molecule has 0 spiro atoms. The topological polar surface area (TPSA) is 41.5 Å². The molecule has 0 atom stereocenters. The Morgan fingerprint density at radius 3 is 2.38 bits per heavy atom. The van der Waals surface area contributed by atoms with Crippen LogP contribution >= 0.6 is 11.3 Å². The van der Waals surface area contributed by atoms with Gasteiger partial charge >= 0.3 is 6.18 Å². The molecule has 1 amide bonds. The highest BCUT2D eigenvalue weighted by Crippen LogP contribution is 2.22. The Bertz CT molecular complexity index is 662. The Hall–Kier alpha value is -2.15. The lowest BCUT2D eigenvalue weighted by Crippen LogP contribution is -2.29. The highest BCUT2D eigenvalue weighted by atomic mass is 32.1. The molecule has 0 saturated carbocycles. The highest BCUT2D eigenvalue weighted by Gasteiger charge is 2.37. The van der Waals surface area contributed by atoms with Crippen LogP contribution in [-0.2, 0) is 0 Å². The normalized spacial score (nSPS) is 12.3. The van der Waals surface area contributed by atoms with Gasteiger partial charge in [0.1, 0.15) is 0 Å². The number of halogens is 3. The average Bonchev–Trinajstić information content (AvgIpc) is 2.85. The first-order chi connectivity index (χ1) is 9.88. The largest absolute Gasteiger partial charge is 0.435 e. The molecule has 0 aliphatic rings. The van der Waals surface area contributed by atoms with Crippen LogP contribution in [0, 0.1) is 6.92 Å². The van der Waals surface area contributed by atoms with Gasteiger partial charge in [-0.3, -0.25) is 4.79 Å². The van der Waals surface area contributed by atoms with Gasteiger partial charge in [0.05, 0.1) is 5.56 Å². The molecule has 1 heterocycles. The number of benzene rings is 1. The molecular weight excluding hydrogens is 301 g/mol. The number of carbonyl (C=O) groups excluding carboxylic acids is 1. The molecule has 110 valence electrons. The zero-order chi connectivity index (χ0) is 15.5. The van der Waals surface area contributed by atoms with Crippen molar-refractivity contribution in [3.63, 3.8) is 0 Å². The molecule has 0 bridgehead atoms. The molecule has 0 aliphatic heterocycles. The van der Waals surface area contributed by atoms with Crippen LogP contribution in [0.25, 0.3) is 0 Å². The van der Waals surface area contributed by atoms with Gasteiger partial charge in [-0.2, -0.15) is 18.3 Å². The van der Waals surface area contributed by atoms with Crippen molar-refractivity contribution in [2.75, 3.05) is 0 Å². The summed E-state index contributed by atoms with van der Waals surface area (Å²) in [6.45, 7) is 1.80. The third-order valence-corrected chi connectivity index (χ3v) is 3.44. The van der Waals surface area contributed by atoms with Crippen LogP contribution in [0.15, 0.2) is 46.9 Å². The Labute approximate surface area is 123 Å². The average molecular weight is 312 g/mol. The lowest BCUT2D eigenvalue weighted by atomic mass is 10.1. The third kappa shape index (κ3) is 3.91. The molecule has 0 aliphatic carbocycles. The summed E-state index contributed by atoms with van der Waals surface area (Å²) in [5.41, 5.74) is 1.00. The summed E-state index contributed by atoms with van der Waals surface area (Å²) in [7, 11) is 0. The number of hydrogen-bond donors (Lipinski definition) is 1. The van der Waals surface area contributed by atoms with Crippen molar-refractivity contribution in [2.45, 2.75) is 13.1 Å². The van der Waals surface area contributed by atoms with Gasteiger partial charge in [0.15, 0.2) is 5.71 Å². The maximum Gasteiger partial charge on any atom is 0.435 e. The molecule has 0 radical (unpaired) electrons. The van der Waals surface area contributed by atoms with E-state index in [1.807, 2.05) is 5.43 Å². The molecule has 7 heteroatoms. The standard InChI is InChI=1S/C14H11F3N2OS/c1-9-7-11(8-21-9)13(20)19-18-12(14(15,16)17)10-5-3-2-4-6-10/h2-8H,1H3,(H,19,20). The van der Waals surface area contributed by atoms with Gasteiger partial charge in [-0.05, 0) is 13.0 Å². The van der Waals surface area contributed by atoms with Crippen LogP contribution in [-0.4, -0.2) is 17.8 Å². The van der Waals surface area contributed by atoms with Crippen molar-refractivity contribution >= 4 is 23.0 Å². The molecular formula is C14H11F3N2OS. The van der Waals surface area contributed by atoms with E-state index in [1.165, 1.54) is 35.6 Å². The van der Waals surface area contributed by atoms with Crippen LogP contribution in [0.3, 0.4) is 0 Å². The number of aryl methyl sites for hydroxylation is 1. The SMILES string of the molecule is Cc1cc(C(=O)NN=C(c2ccccc2)C(F)(F)F)cs1. The molecule has 1 aromatic carbocycles. The van der Waals surface area contributed by atoms with Gasteiger partial charge in [-0.25, -0.2) is 5.43 Å². The van der Waals surface area contributed by atoms with E-state index >= 15 is 0 Å². The second kappa shape index (κ2) is 6.09. The number of hydrogen-bond acceptors (Lipinski definition) is 3. The van der Waals surface area contributed by atoms with Gasteiger partial charge in [-0.15, -0.1) is 11.3 Å². The molecule has 1 aromatic heterocycles. The van der Waals surface area contributed by atoms with Crippen LogP contribution in [0.4, 0.5) is 13.2 Å². The van der Waals surface area contributed by atoms with E-state index in [2.05, 4.69) is 5.10 Å². The number of rotatable bonds is 3. The van der Waals surface area contributed by atoms with Crippen LogP contribution in [0.1, 0.15) is 20.8 Å². The summed E-state index contributed by atoms with van der Waals surface area (Å²) in [5, 5.41) is 4.81. The monoisotopic (exact) mass is 312 g/mol. The number of carbonyl (C=O) groups is 1. The lowest BCUT2D eigenvalue weighted by Gasteiger charge is -2.10. The van der Waals surface area contributed by atoms with E-state index in [0.29, 0.717) is 0 Å². The third-order valence-electron chi connectivity index (χ3n) is 2.58. The van der Waals surface area contributed by atoms with Gasteiger partial charge in [0.25, 0.3) is 5.91 Å². The second-order valence-electron chi connectivity index (χ2n) is 4.21. The van der Waals surface area contributed by atoms with Crippen molar-refractivity contribution in [1.82, 2.24) is 5.43 Å². The van der Waals surface area contributed by atoms with Crippen molar-refractivity contribution in [3.8, 4) is 0 Å². The summed E-state index contributed by atoms with van der Waals surface area (Å²) in [6, 6.07) is 8.71. The number of thiophene rings is 1. The zero-order valence-corrected chi connectivity index (χ0v) is 11.8. The number of amides is 1. The Balaban J connectivity index is 2.24. The van der Waals surface area contributed by atoms with Gasteiger partial charge in [0.2, 0.25) is 0 Å². The Morgan fingerprint density at radius 1 is 1.19 bits per heavy atom. The molecule has 0 unspecified atom stereocenters. The molecule has 3 nitrogen and oxygen atoms in total. The number of hydrazone groups is 1. The Kier molecular flexibility index (Phi) is 4.42. The number of nitrogens with one attached hydrogen (secondary N) is 1. The highest BCUT2D eigenvalue weighted by molar-refractivity contribution is 7.10. The van der Waals surface area contributed by atoms with E-state index in [-0.39, 0.29) is 11.1 Å². The van der Waals surface area contributed by atoms with E-state index in [1.54, 1.807) is 24.4 Å². The van der Waals surface area contributed by atoms with E-state index in [0.717, 1.165) is 4.88 Å². The van der Waals surface area contributed by atoms with Crippen molar-refractivity contribution < 1.29 is 18.0 Å². The van der Waals surface area contributed by atoms with Crippen LogP contribution < -0.4 is 5.43 Å². The van der Waals surface area contributed by atoms with Gasteiger partial charge < -0.3 is 0 Å². The van der Waals surface area contributed by atoms with Gasteiger partial charge in [-0.1, -0.05) is 30.3 Å². The fourth-order valence-electron chi connectivity index (χ4n) is 1.62. The number of nitrogens with zero attached hydrogens (tertiary/aromatic N) is 1. The Morgan fingerprint density at radius 2 is 1.86 bits per heavy atom. The molecule has 2 rings (SSSR count). The van der Waals surface area contributed by atoms with E-state index in [9.17, 15) is 18.0 Å². The fraction of sp³-hybridized carbons (Fsp3) is 0.143. The molecule has 0 fully saturated rings. The smallest absolute Gasteiger partial charge is 0.267 e. The summed E-state index contributed by atoms with van der Waals surface area (Å²) >= 11 is 1.34. The first-order valence-electron chi connectivity index (χ1n) is 5.93. The zero-order valence-electron chi connectivity index (χ0n) is 10.9. The quantitative estimate of drug-likeness (QED) is 0.680. The fourth-order valence-corrected chi connectivity index (χ4v) is 2.30. The molecule has 2 aromatic rings. The van der Waals surface area contributed by atoms with E-state index in [4.69, 9.17) is 0 Å². The summed E-state index contributed by atoms with van der Waals surface area (Å²) in [6.07, 6.45) is -4.65. The minimum Gasteiger partial charge on any atom is -0.267 e. The number of alkyl halides is 3. The van der Waals surface area contributed by atoms with Crippen LogP contribution in [0.5, 0.6) is 0 Å². The van der Waals surface area contributed by atoms with Gasteiger partial charge in [0, 0.05) is 15.8 Å². The van der Waals surface area contributed by atoms with Crippen molar-refractivity contribution in [3.05, 3.63) is 57.8 Å². The van der Waals surface area contributed by atoms with Crippen LogP contribution in [0.2, 0.25) is 0 Å². The predicted octanol–water partition coefficient (Wildman–Crippen LogP) is 3.75. The first-order valence-corrected chi connectivity index (χ1v) is 6.81. The summed E-state index contributed by atoms with van der Waals surface area (Å²) < 4.78 is 38.9. The summed E-state index contributed by atoms with van der Waals surface area (Å²) in [5.74, 6) is -0.669. The van der Waals surface area contributed by atoms with E-state index < -0.39 is 17.8 Å². The first kappa shape index (κ1) is 15.2.